The van der Waals surface area contributed by atoms with Crippen LogP contribution in [0.1, 0.15) is 44.1 Å². The summed E-state index contributed by atoms with van der Waals surface area (Å²) in [6.07, 6.45) is 9.25. The van der Waals surface area contributed by atoms with Crippen LogP contribution in [0.15, 0.2) is 36.7 Å². The molecule has 6 nitrogen and oxygen atoms in total. The SMILES string of the molecule is CCOc1cc2ncc(-c3cccc(N[C@H]4CNCC45CC5)n3)n2cc1C1CC1. The van der Waals surface area contributed by atoms with Gasteiger partial charge in [-0.25, -0.2) is 9.97 Å². The summed E-state index contributed by atoms with van der Waals surface area (Å²) in [6, 6.07) is 8.78. The summed E-state index contributed by atoms with van der Waals surface area (Å²) in [6.45, 7) is 4.86. The molecule has 0 bridgehead atoms. The summed E-state index contributed by atoms with van der Waals surface area (Å²) in [5, 5.41) is 7.22. The molecule has 3 aromatic rings. The second-order valence-corrected chi connectivity index (χ2v) is 8.77. The summed E-state index contributed by atoms with van der Waals surface area (Å²) in [4.78, 5) is 9.58. The standard InChI is InChI=1S/C23H27N5O/c1-2-29-19-10-22-25-11-18(28(22)13-16(19)15-6-7-15)17-4-3-5-21(26-17)27-20-12-24-14-23(20)8-9-23/h3-5,10-11,13,15,20,24H,2,6-9,12,14H2,1H3,(H,26,27)/t20-/m0/s1. The molecule has 3 aliphatic rings. The number of hydrogen-bond donors (Lipinski definition) is 2. The number of pyridine rings is 2. The number of aromatic nitrogens is 3. The Balaban J connectivity index is 1.35. The van der Waals surface area contributed by atoms with Crippen molar-refractivity contribution in [2.45, 2.75) is 44.6 Å². The lowest BCUT2D eigenvalue weighted by Gasteiger charge is -2.19. The van der Waals surface area contributed by atoms with E-state index in [-0.39, 0.29) is 0 Å². The van der Waals surface area contributed by atoms with E-state index in [1.54, 1.807) is 0 Å². The van der Waals surface area contributed by atoms with Crippen LogP contribution in [0.2, 0.25) is 0 Å². The lowest BCUT2D eigenvalue weighted by atomic mass is 10.0. The lowest BCUT2D eigenvalue weighted by molar-refractivity contribution is 0.336. The number of nitrogens with one attached hydrogen (secondary N) is 2. The van der Waals surface area contributed by atoms with Crippen LogP contribution in [-0.4, -0.2) is 40.1 Å². The maximum absolute atomic E-state index is 5.90. The van der Waals surface area contributed by atoms with Crippen LogP contribution in [0.5, 0.6) is 5.75 Å². The number of anilines is 1. The highest BCUT2D eigenvalue weighted by Crippen LogP contribution is 2.51. The van der Waals surface area contributed by atoms with Gasteiger partial charge in [0.2, 0.25) is 0 Å². The van der Waals surface area contributed by atoms with E-state index in [9.17, 15) is 0 Å². The molecule has 3 fully saturated rings. The van der Waals surface area contributed by atoms with Crippen LogP contribution in [0.25, 0.3) is 17.0 Å². The molecule has 0 unspecified atom stereocenters. The molecule has 1 atom stereocenters. The Hall–Kier alpha value is -2.60. The van der Waals surface area contributed by atoms with Crippen LogP contribution in [0.4, 0.5) is 5.82 Å². The van der Waals surface area contributed by atoms with E-state index in [0.717, 1.165) is 41.7 Å². The maximum atomic E-state index is 5.90. The van der Waals surface area contributed by atoms with Gasteiger partial charge in [0.25, 0.3) is 0 Å². The van der Waals surface area contributed by atoms with Crippen LogP contribution < -0.4 is 15.4 Å². The maximum Gasteiger partial charge on any atom is 0.140 e. The zero-order valence-corrected chi connectivity index (χ0v) is 16.8. The second kappa shape index (κ2) is 6.46. The van der Waals surface area contributed by atoms with Crippen LogP contribution >= 0.6 is 0 Å². The number of fused-ring (bicyclic) bond motifs is 1. The number of hydrogen-bond acceptors (Lipinski definition) is 5. The minimum absolute atomic E-state index is 0.454. The van der Waals surface area contributed by atoms with Crippen molar-refractivity contribution >= 4 is 11.5 Å². The zero-order valence-electron chi connectivity index (χ0n) is 16.8. The third-order valence-electron chi connectivity index (χ3n) is 6.75. The van der Waals surface area contributed by atoms with Crippen molar-refractivity contribution in [2.24, 2.45) is 5.41 Å². The molecule has 0 radical (unpaired) electrons. The Kier molecular flexibility index (Phi) is 3.85. The fraction of sp³-hybridized carbons (Fsp3) is 0.478. The van der Waals surface area contributed by atoms with Crippen molar-refractivity contribution in [1.29, 1.82) is 0 Å². The number of rotatable bonds is 6. The summed E-state index contributed by atoms with van der Waals surface area (Å²) in [5.41, 5.74) is 4.63. The lowest BCUT2D eigenvalue weighted by Crippen LogP contribution is -2.29. The summed E-state index contributed by atoms with van der Waals surface area (Å²) >= 11 is 0. The van der Waals surface area contributed by atoms with Crippen molar-refractivity contribution in [1.82, 2.24) is 19.7 Å². The molecule has 150 valence electrons. The fourth-order valence-electron chi connectivity index (χ4n) is 4.72. The Bertz CT molecular complexity index is 1070. The number of imidazole rings is 1. The predicted molar refractivity (Wildman–Crippen MR) is 114 cm³/mol. The van der Waals surface area contributed by atoms with Crippen molar-refractivity contribution < 1.29 is 4.74 Å². The van der Waals surface area contributed by atoms with Gasteiger partial charge in [0.05, 0.1) is 24.2 Å². The minimum Gasteiger partial charge on any atom is -0.493 e. The van der Waals surface area contributed by atoms with Crippen molar-refractivity contribution in [3.63, 3.8) is 0 Å². The Morgan fingerprint density at radius 1 is 1.31 bits per heavy atom. The topological polar surface area (TPSA) is 63.5 Å². The molecule has 1 saturated heterocycles. The quantitative estimate of drug-likeness (QED) is 0.671. The molecular weight excluding hydrogens is 362 g/mol. The Labute approximate surface area is 170 Å². The first-order chi connectivity index (χ1) is 14.3. The highest BCUT2D eigenvalue weighted by molar-refractivity contribution is 5.64. The van der Waals surface area contributed by atoms with Crippen molar-refractivity contribution in [2.75, 3.05) is 25.0 Å². The van der Waals surface area contributed by atoms with Gasteiger partial charge in [-0.15, -0.1) is 0 Å². The van der Waals surface area contributed by atoms with Gasteiger partial charge in [-0.3, -0.25) is 4.40 Å². The zero-order chi connectivity index (χ0) is 19.4. The van der Waals surface area contributed by atoms with E-state index in [1.165, 1.54) is 31.2 Å². The molecule has 6 rings (SSSR count). The van der Waals surface area contributed by atoms with Gasteiger partial charge >= 0.3 is 0 Å². The van der Waals surface area contributed by atoms with Crippen molar-refractivity contribution in [3.8, 4) is 17.1 Å². The van der Waals surface area contributed by atoms with E-state index < -0.39 is 0 Å². The van der Waals surface area contributed by atoms with E-state index in [0.29, 0.717) is 24.0 Å². The normalized spacial score (nSPS) is 22.3. The third-order valence-corrected chi connectivity index (χ3v) is 6.75. The van der Waals surface area contributed by atoms with Gasteiger partial charge in [0.1, 0.15) is 17.2 Å². The number of nitrogens with zero attached hydrogens (tertiary/aromatic N) is 3. The Morgan fingerprint density at radius 2 is 2.21 bits per heavy atom. The molecular formula is C23H27N5O. The largest absolute Gasteiger partial charge is 0.493 e. The van der Waals surface area contributed by atoms with E-state index in [4.69, 9.17) is 9.72 Å². The first kappa shape index (κ1) is 17.3. The van der Waals surface area contributed by atoms with E-state index in [2.05, 4.69) is 50.5 Å². The highest BCUT2D eigenvalue weighted by Gasteiger charge is 2.52. The molecule has 2 saturated carbocycles. The van der Waals surface area contributed by atoms with E-state index in [1.807, 2.05) is 13.1 Å². The molecule has 1 aliphatic heterocycles. The monoisotopic (exact) mass is 389 g/mol. The average molecular weight is 390 g/mol. The van der Waals surface area contributed by atoms with E-state index >= 15 is 0 Å². The molecule has 6 heteroatoms. The minimum atomic E-state index is 0.454. The molecule has 29 heavy (non-hydrogen) atoms. The van der Waals surface area contributed by atoms with Crippen LogP contribution in [-0.2, 0) is 0 Å². The van der Waals surface area contributed by atoms with Crippen LogP contribution in [0, 0.1) is 5.41 Å². The van der Waals surface area contributed by atoms with Gasteiger partial charge in [-0.2, -0.15) is 0 Å². The molecule has 1 spiro atoms. The van der Waals surface area contributed by atoms with Gasteiger partial charge < -0.3 is 15.4 Å². The predicted octanol–water partition coefficient (Wildman–Crippen LogP) is 3.84. The van der Waals surface area contributed by atoms with Gasteiger partial charge in [0, 0.05) is 42.4 Å². The molecule has 3 aromatic heterocycles. The first-order valence-electron chi connectivity index (χ1n) is 10.8. The molecule has 0 aromatic carbocycles. The van der Waals surface area contributed by atoms with Gasteiger partial charge in [-0.05, 0) is 50.7 Å². The average Bonchev–Trinajstić information content (AvgIpc) is 3.63. The van der Waals surface area contributed by atoms with Gasteiger partial charge in [-0.1, -0.05) is 6.07 Å². The number of ether oxygens (including phenoxy) is 1. The molecule has 2 aliphatic carbocycles. The van der Waals surface area contributed by atoms with Crippen LogP contribution in [0.3, 0.4) is 0 Å². The Morgan fingerprint density at radius 3 is 3.00 bits per heavy atom. The summed E-state index contributed by atoms with van der Waals surface area (Å²) in [7, 11) is 0. The molecule has 2 N–H and O–H groups in total. The highest BCUT2D eigenvalue weighted by atomic mass is 16.5. The first-order valence-corrected chi connectivity index (χ1v) is 10.8. The molecule has 0 amide bonds. The summed E-state index contributed by atoms with van der Waals surface area (Å²) < 4.78 is 8.06. The fourth-order valence-corrected chi connectivity index (χ4v) is 4.72. The molecule has 4 heterocycles. The second-order valence-electron chi connectivity index (χ2n) is 8.77. The van der Waals surface area contributed by atoms with Crippen molar-refractivity contribution in [3.05, 3.63) is 42.2 Å². The smallest absolute Gasteiger partial charge is 0.140 e. The summed E-state index contributed by atoms with van der Waals surface area (Å²) in [5.74, 6) is 2.54. The van der Waals surface area contributed by atoms with Gasteiger partial charge in [0.15, 0.2) is 0 Å². The third kappa shape index (κ3) is 2.97.